The highest BCUT2D eigenvalue weighted by molar-refractivity contribution is 6.38. The van der Waals surface area contributed by atoms with Gasteiger partial charge >= 0.3 is 5.97 Å². The highest BCUT2D eigenvalue weighted by Crippen LogP contribution is 2.24. The second kappa shape index (κ2) is 7.56. The SMILES string of the molecule is CCONC(=O)[C@H]1CC(C(=O)OCC)=NN1c1ccccc1. The number of hydrogen-bond acceptors (Lipinski definition) is 6. The maximum absolute atomic E-state index is 12.2. The van der Waals surface area contributed by atoms with Crippen molar-refractivity contribution >= 4 is 23.3 Å². The number of hydrogen-bond donors (Lipinski definition) is 1. The lowest BCUT2D eigenvalue weighted by molar-refractivity contribution is -0.135. The lowest BCUT2D eigenvalue weighted by Crippen LogP contribution is -2.42. The standard InChI is InChI=1S/C15H19N3O4/c1-3-21-15(20)12-10-13(14(19)17-22-4-2)18(16-12)11-8-6-5-7-9-11/h5-9,13H,3-4,10H2,1-2H3,(H,17,19)/t13-/m1/s1. The van der Waals surface area contributed by atoms with Gasteiger partial charge in [0, 0.05) is 6.42 Å². The number of nitrogens with one attached hydrogen (secondary N) is 1. The van der Waals surface area contributed by atoms with E-state index in [0.29, 0.717) is 6.61 Å². The zero-order valence-corrected chi connectivity index (χ0v) is 12.6. The summed E-state index contributed by atoms with van der Waals surface area (Å²) in [5.41, 5.74) is 3.30. The van der Waals surface area contributed by atoms with E-state index in [2.05, 4.69) is 10.6 Å². The molecule has 1 N–H and O–H groups in total. The Morgan fingerprint density at radius 1 is 1.27 bits per heavy atom. The van der Waals surface area contributed by atoms with Crippen LogP contribution in [-0.2, 0) is 19.2 Å². The zero-order valence-electron chi connectivity index (χ0n) is 12.6. The molecule has 0 radical (unpaired) electrons. The zero-order chi connectivity index (χ0) is 15.9. The van der Waals surface area contributed by atoms with Crippen molar-refractivity contribution in [2.45, 2.75) is 26.3 Å². The summed E-state index contributed by atoms with van der Waals surface area (Å²) < 4.78 is 4.96. The maximum Gasteiger partial charge on any atom is 0.354 e. The first-order chi connectivity index (χ1) is 10.7. The number of esters is 1. The summed E-state index contributed by atoms with van der Waals surface area (Å²) in [6.45, 7) is 4.11. The van der Waals surface area contributed by atoms with Crippen molar-refractivity contribution in [2.75, 3.05) is 18.2 Å². The molecule has 0 saturated heterocycles. The van der Waals surface area contributed by atoms with E-state index in [9.17, 15) is 9.59 Å². The van der Waals surface area contributed by atoms with Gasteiger partial charge in [-0.05, 0) is 26.0 Å². The van der Waals surface area contributed by atoms with E-state index in [1.54, 1.807) is 13.8 Å². The number of hydrazone groups is 1. The maximum atomic E-state index is 12.2. The molecular formula is C15H19N3O4. The van der Waals surface area contributed by atoms with Gasteiger partial charge in [0.15, 0.2) is 0 Å². The van der Waals surface area contributed by atoms with E-state index < -0.39 is 12.0 Å². The molecular weight excluding hydrogens is 286 g/mol. The van der Waals surface area contributed by atoms with Crippen molar-refractivity contribution in [3.63, 3.8) is 0 Å². The molecule has 7 nitrogen and oxygen atoms in total. The van der Waals surface area contributed by atoms with Crippen molar-refractivity contribution in [2.24, 2.45) is 5.10 Å². The molecule has 1 aromatic carbocycles. The van der Waals surface area contributed by atoms with E-state index >= 15 is 0 Å². The van der Waals surface area contributed by atoms with Crippen molar-refractivity contribution < 1.29 is 19.2 Å². The minimum atomic E-state index is -0.645. The molecule has 0 bridgehead atoms. The molecule has 0 unspecified atom stereocenters. The van der Waals surface area contributed by atoms with Crippen molar-refractivity contribution in [3.05, 3.63) is 30.3 Å². The minimum absolute atomic E-state index is 0.173. The summed E-state index contributed by atoms with van der Waals surface area (Å²) in [5, 5.41) is 5.76. The van der Waals surface area contributed by atoms with Crippen LogP contribution in [0.4, 0.5) is 5.69 Å². The van der Waals surface area contributed by atoms with Crippen molar-refractivity contribution in [1.29, 1.82) is 0 Å². The number of rotatable bonds is 6. The fraction of sp³-hybridized carbons (Fsp3) is 0.400. The van der Waals surface area contributed by atoms with Crippen LogP contribution in [0, 0.1) is 0 Å². The first-order valence-corrected chi connectivity index (χ1v) is 7.17. The Kier molecular flexibility index (Phi) is 5.48. The van der Waals surface area contributed by atoms with E-state index in [1.807, 2.05) is 30.3 Å². The van der Waals surface area contributed by atoms with Crippen LogP contribution in [0.5, 0.6) is 0 Å². The second-order valence-electron chi connectivity index (χ2n) is 4.57. The molecule has 1 amide bonds. The number of para-hydroxylation sites is 1. The molecule has 1 aliphatic rings. The van der Waals surface area contributed by atoms with Crippen LogP contribution in [0.25, 0.3) is 0 Å². The van der Waals surface area contributed by atoms with Gasteiger partial charge < -0.3 is 4.74 Å². The molecule has 1 aliphatic heterocycles. The average Bonchev–Trinajstić information content (AvgIpc) is 2.99. The topological polar surface area (TPSA) is 80.2 Å². The minimum Gasteiger partial charge on any atom is -0.461 e. The molecule has 1 heterocycles. The summed E-state index contributed by atoms with van der Waals surface area (Å²) in [4.78, 5) is 29.0. The third-order valence-corrected chi connectivity index (χ3v) is 3.06. The van der Waals surface area contributed by atoms with Gasteiger partial charge in [0.05, 0.1) is 18.9 Å². The Balaban J connectivity index is 2.22. The molecule has 1 aromatic rings. The second-order valence-corrected chi connectivity index (χ2v) is 4.57. The van der Waals surface area contributed by atoms with Gasteiger partial charge in [-0.15, -0.1) is 0 Å². The Morgan fingerprint density at radius 3 is 2.64 bits per heavy atom. The van der Waals surface area contributed by atoms with Gasteiger partial charge in [0.25, 0.3) is 5.91 Å². The lowest BCUT2D eigenvalue weighted by Gasteiger charge is -2.22. The lowest BCUT2D eigenvalue weighted by atomic mass is 10.1. The van der Waals surface area contributed by atoms with Gasteiger partial charge in [-0.2, -0.15) is 5.10 Å². The molecule has 2 rings (SSSR count). The van der Waals surface area contributed by atoms with Crippen LogP contribution in [-0.4, -0.2) is 36.8 Å². The molecule has 0 saturated carbocycles. The number of carbonyl (C=O) groups is 2. The summed E-state index contributed by atoms with van der Waals surface area (Å²) in [7, 11) is 0. The number of nitrogens with zero attached hydrogens (tertiary/aromatic N) is 2. The predicted molar refractivity (Wildman–Crippen MR) is 81.2 cm³/mol. The normalized spacial score (nSPS) is 17.1. The smallest absolute Gasteiger partial charge is 0.354 e. The Labute approximate surface area is 128 Å². The first kappa shape index (κ1) is 16.0. The first-order valence-electron chi connectivity index (χ1n) is 7.17. The van der Waals surface area contributed by atoms with Crippen LogP contribution in [0.15, 0.2) is 35.4 Å². The monoisotopic (exact) mass is 305 g/mol. The summed E-state index contributed by atoms with van der Waals surface area (Å²) in [6, 6.07) is 8.53. The Bertz CT molecular complexity index is 559. The Hall–Kier alpha value is -2.41. The average molecular weight is 305 g/mol. The molecule has 22 heavy (non-hydrogen) atoms. The number of benzene rings is 1. The highest BCUT2D eigenvalue weighted by atomic mass is 16.6. The van der Waals surface area contributed by atoms with Crippen molar-refractivity contribution in [3.8, 4) is 0 Å². The molecule has 118 valence electrons. The predicted octanol–water partition coefficient (Wildman–Crippen LogP) is 1.25. The number of ether oxygens (including phenoxy) is 1. The summed E-state index contributed by atoms with van der Waals surface area (Å²) in [6.07, 6.45) is 0.173. The summed E-state index contributed by atoms with van der Waals surface area (Å²) >= 11 is 0. The van der Waals surface area contributed by atoms with Gasteiger partial charge in [-0.1, -0.05) is 18.2 Å². The fourth-order valence-corrected chi connectivity index (χ4v) is 2.08. The fourth-order valence-electron chi connectivity index (χ4n) is 2.08. The molecule has 7 heteroatoms. The third kappa shape index (κ3) is 3.62. The van der Waals surface area contributed by atoms with Crippen LogP contribution in [0.2, 0.25) is 0 Å². The summed E-state index contributed by atoms with van der Waals surface area (Å²) in [5.74, 6) is -0.858. The van der Waals surface area contributed by atoms with Gasteiger partial charge in [-0.3, -0.25) is 14.6 Å². The van der Waals surface area contributed by atoms with E-state index in [4.69, 9.17) is 9.57 Å². The molecule has 0 spiro atoms. The highest BCUT2D eigenvalue weighted by Gasteiger charge is 2.36. The molecule has 0 fully saturated rings. The number of hydroxylamine groups is 1. The van der Waals surface area contributed by atoms with E-state index in [1.165, 1.54) is 5.01 Å². The van der Waals surface area contributed by atoms with Crippen LogP contribution in [0.3, 0.4) is 0 Å². The quantitative estimate of drug-likeness (QED) is 0.632. The molecule has 0 aromatic heterocycles. The van der Waals surface area contributed by atoms with E-state index in [-0.39, 0.29) is 24.6 Å². The van der Waals surface area contributed by atoms with E-state index in [0.717, 1.165) is 5.69 Å². The van der Waals surface area contributed by atoms with Crippen LogP contribution < -0.4 is 10.5 Å². The number of carbonyl (C=O) groups excluding carboxylic acids is 2. The Morgan fingerprint density at radius 2 is 2.00 bits per heavy atom. The van der Waals surface area contributed by atoms with Crippen molar-refractivity contribution in [1.82, 2.24) is 5.48 Å². The third-order valence-electron chi connectivity index (χ3n) is 3.06. The number of amides is 1. The molecule has 1 atom stereocenters. The number of anilines is 1. The van der Waals surface area contributed by atoms with Crippen LogP contribution in [0.1, 0.15) is 20.3 Å². The van der Waals surface area contributed by atoms with Gasteiger partial charge in [-0.25, -0.2) is 10.3 Å². The van der Waals surface area contributed by atoms with Gasteiger partial charge in [0.1, 0.15) is 11.8 Å². The van der Waals surface area contributed by atoms with Gasteiger partial charge in [0.2, 0.25) is 0 Å². The molecule has 0 aliphatic carbocycles. The largest absolute Gasteiger partial charge is 0.461 e. The van der Waals surface area contributed by atoms with Crippen LogP contribution >= 0.6 is 0 Å².